The molecule has 1 N–H and O–H groups in total. The molecule has 2 unspecified atom stereocenters. The molecule has 5 rings (SSSR count). The predicted octanol–water partition coefficient (Wildman–Crippen LogP) is 4.89. The molecular weight excluding hydrogens is 537 g/mol. The van der Waals surface area contributed by atoms with Crippen LogP contribution in [0, 0.1) is 12.8 Å². The summed E-state index contributed by atoms with van der Waals surface area (Å²) in [4.78, 5) is 52.1. The molecule has 1 aromatic heterocycles. The van der Waals surface area contributed by atoms with Gasteiger partial charge in [0, 0.05) is 63.6 Å². The molecule has 0 radical (unpaired) electrons. The molecule has 206 valence electrons. The average molecular weight is 571 g/mol. The van der Waals surface area contributed by atoms with E-state index in [1.54, 1.807) is 22.8 Å². The van der Waals surface area contributed by atoms with Crippen molar-refractivity contribution in [2.24, 2.45) is 5.92 Å². The number of carbonyl (C=O) groups excluding carboxylic acids is 3. The number of hydrogen-bond donors (Lipinski definition) is 1. The molecule has 3 aromatic rings. The fourth-order valence-corrected chi connectivity index (χ4v) is 6.30. The fraction of sp³-hybridized carbons (Fsp3) is 0.448. The number of H-pyrrole nitrogens is 1. The summed E-state index contributed by atoms with van der Waals surface area (Å²) >= 11 is 12.6. The molecule has 3 amide bonds. The van der Waals surface area contributed by atoms with E-state index in [0.29, 0.717) is 61.1 Å². The topological polar surface area (TPSA) is 89.6 Å². The van der Waals surface area contributed by atoms with E-state index in [1.807, 2.05) is 49.2 Å². The SMILES string of the molecule is CC(=O)N1CCC(C(=O)N2CCC(N(C)C(=O)c3ccc4nc(C)[nH]c4c3)C(c3ccc(Cl)c(Cl)c3)C2)CC1. The molecule has 2 saturated heterocycles. The van der Waals surface area contributed by atoms with Crippen molar-refractivity contribution in [1.29, 1.82) is 0 Å². The molecular formula is C29H33Cl2N5O3. The van der Waals surface area contributed by atoms with E-state index < -0.39 is 0 Å². The largest absolute Gasteiger partial charge is 0.343 e. The lowest BCUT2D eigenvalue weighted by molar-refractivity contribution is -0.141. The minimum absolute atomic E-state index is 0.0518. The minimum Gasteiger partial charge on any atom is -0.343 e. The number of nitrogens with one attached hydrogen (secondary N) is 1. The van der Waals surface area contributed by atoms with Crippen LogP contribution in [-0.4, -0.2) is 81.7 Å². The van der Waals surface area contributed by atoms with Gasteiger partial charge in [0.15, 0.2) is 0 Å². The molecule has 2 aliphatic heterocycles. The Morgan fingerprint density at radius 1 is 0.974 bits per heavy atom. The molecule has 8 nitrogen and oxygen atoms in total. The normalized spacial score (nSPS) is 20.3. The van der Waals surface area contributed by atoms with Crippen LogP contribution in [-0.2, 0) is 9.59 Å². The Hall–Kier alpha value is -3.10. The molecule has 10 heteroatoms. The second-order valence-corrected chi connectivity index (χ2v) is 11.5. The van der Waals surface area contributed by atoms with Crippen molar-refractivity contribution in [2.75, 3.05) is 33.2 Å². The highest BCUT2D eigenvalue weighted by molar-refractivity contribution is 6.42. The number of amides is 3. The van der Waals surface area contributed by atoms with Crippen LogP contribution in [0.25, 0.3) is 11.0 Å². The number of fused-ring (bicyclic) bond motifs is 1. The molecule has 0 aliphatic carbocycles. The Bertz CT molecular complexity index is 1420. The monoisotopic (exact) mass is 569 g/mol. The number of rotatable bonds is 4. The zero-order valence-electron chi connectivity index (χ0n) is 22.4. The van der Waals surface area contributed by atoms with Gasteiger partial charge < -0.3 is 19.7 Å². The summed E-state index contributed by atoms with van der Waals surface area (Å²) in [6, 6.07) is 10.9. The Labute approximate surface area is 238 Å². The molecule has 3 heterocycles. The second-order valence-electron chi connectivity index (χ2n) is 10.7. The van der Waals surface area contributed by atoms with Gasteiger partial charge in [-0.3, -0.25) is 14.4 Å². The summed E-state index contributed by atoms with van der Waals surface area (Å²) < 4.78 is 0. The molecule has 2 fully saturated rings. The van der Waals surface area contributed by atoms with Crippen LogP contribution >= 0.6 is 23.2 Å². The highest BCUT2D eigenvalue weighted by atomic mass is 35.5. The van der Waals surface area contributed by atoms with Crippen LogP contribution in [0.1, 0.15) is 53.8 Å². The number of carbonyl (C=O) groups is 3. The Morgan fingerprint density at radius 3 is 2.38 bits per heavy atom. The maximum absolute atomic E-state index is 13.7. The number of halogens is 2. The van der Waals surface area contributed by atoms with E-state index in [2.05, 4.69) is 9.97 Å². The summed E-state index contributed by atoms with van der Waals surface area (Å²) in [6.07, 6.45) is 1.98. The minimum atomic E-state index is -0.141. The van der Waals surface area contributed by atoms with Gasteiger partial charge in [0.1, 0.15) is 5.82 Å². The van der Waals surface area contributed by atoms with E-state index in [4.69, 9.17) is 23.2 Å². The number of nitrogens with zero attached hydrogens (tertiary/aromatic N) is 4. The Morgan fingerprint density at radius 2 is 1.69 bits per heavy atom. The standard InChI is InChI=1S/C29H33Cl2N5O3/c1-17-32-25-7-5-21(15-26(25)33-17)28(38)34(3)27-10-13-36(16-22(27)20-4-6-23(30)24(31)14-20)29(39)19-8-11-35(12-9-19)18(2)37/h4-7,14-15,19,22,27H,8-13,16H2,1-3H3,(H,32,33). The Kier molecular flexibility index (Phi) is 7.87. The van der Waals surface area contributed by atoms with Crippen molar-refractivity contribution in [2.45, 2.75) is 45.1 Å². The first-order chi connectivity index (χ1) is 18.6. The van der Waals surface area contributed by atoms with Crippen molar-refractivity contribution in [1.82, 2.24) is 24.7 Å². The third-order valence-corrected chi connectivity index (χ3v) is 8.95. The van der Waals surface area contributed by atoms with Crippen molar-refractivity contribution in [3.05, 3.63) is 63.4 Å². The van der Waals surface area contributed by atoms with Gasteiger partial charge in [-0.15, -0.1) is 0 Å². The second kappa shape index (κ2) is 11.2. The Balaban J connectivity index is 1.38. The molecule has 0 saturated carbocycles. The van der Waals surface area contributed by atoms with E-state index in [9.17, 15) is 14.4 Å². The number of piperidine rings is 2. The van der Waals surface area contributed by atoms with Gasteiger partial charge in [-0.05, 0) is 62.1 Å². The summed E-state index contributed by atoms with van der Waals surface area (Å²) in [5.74, 6) is 0.645. The maximum atomic E-state index is 13.7. The molecule has 0 bridgehead atoms. The van der Waals surface area contributed by atoms with Gasteiger partial charge in [0.2, 0.25) is 11.8 Å². The number of likely N-dealkylation sites (tertiary alicyclic amines) is 2. The van der Waals surface area contributed by atoms with Crippen LogP contribution in [0.5, 0.6) is 0 Å². The maximum Gasteiger partial charge on any atom is 0.253 e. The number of hydrogen-bond acceptors (Lipinski definition) is 4. The third-order valence-electron chi connectivity index (χ3n) is 8.21. The van der Waals surface area contributed by atoms with Gasteiger partial charge in [-0.1, -0.05) is 29.3 Å². The van der Waals surface area contributed by atoms with E-state index in [-0.39, 0.29) is 35.6 Å². The number of benzene rings is 2. The van der Waals surface area contributed by atoms with Gasteiger partial charge >= 0.3 is 0 Å². The van der Waals surface area contributed by atoms with Crippen LogP contribution in [0.4, 0.5) is 0 Å². The van der Waals surface area contributed by atoms with Gasteiger partial charge in [0.25, 0.3) is 5.91 Å². The number of likely N-dealkylation sites (N-methyl/N-ethyl adjacent to an activating group) is 1. The summed E-state index contributed by atoms with van der Waals surface area (Å²) in [5, 5.41) is 0.910. The number of aryl methyl sites for hydroxylation is 1. The van der Waals surface area contributed by atoms with Crippen LogP contribution in [0.2, 0.25) is 10.0 Å². The van der Waals surface area contributed by atoms with Crippen molar-refractivity contribution < 1.29 is 14.4 Å². The smallest absolute Gasteiger partial charge is 0.253 e. The first kappa shape index (κ1) is 27.5. The lowest BCUT2D eigenvalue weighted by Gasteiger charge is -2.44. The quantitative estimate of drug-likeness (QED) is 0.484. The third kappa shape index (κ3) is 5.63. The molecule has 2 aliphatic rings. The first-order valence-electron chi connectivity index (χ1n) is 13.3. The first-order valence-corrected chi connectivity index (χ1v) is 14.1. The summed E-state index contributed by atoms with van der Waals surface area (Å²) in [5.41, 5.74) is 3.17. The molecule has 0 spiro atoms. The number of aromatic nitrogens is 2. The zero-order valence-corrected chi connectivity index (χ0v) is 23.9. The zero-order chi connectivity index (χ0) is 27.8. The molecule has 2 atom stereocenters. The highest BCUT2D eigenvalue weighted by Gasteiger charge is 2.39. The summed E-state index contributed by atoms with van der Waals surface area (Å²) in [7, 11) is 1.83. The van der Waals surface area contributed by atoms with Gasteiger partial charge in [0.05, 0.1) is 21.1 Å². The van der Waals surface area contributed by atoms with Crippen LogP contribution in [0.15, 0.2) is 36.4 Å². The average Bonchev–Trinajstić information content (AvgIpc) is 3.32. The predicted molar refractivity (Wildman–Crippen MR) is 152 cm³/mol. The van der Waals surface area contributed by atoms with Gasteiger partial charge in [-0.2, -0.15) is 0 Å². The number of aromatic amines is 1. The van der Waals surface area contributed by atoms with E-state index >= 15 is 0 Å². The van der Waals surface area contributed by atoms with Crippen molar-refractivity contribution in [3.8, 4) is 0 Å². The van der Waals surface area contributed by atoms with Crippen LogP contribution in [0.3, 0.4) is 0 Å². The molecule has 2 aromatic carbocycles. The molecule has 39 heavy (non-hydrogen) atoms. The van der Waals surface area contributed by atoms with Crippen LogP contribution < -0.4 is 0 Å². The van der Waals surface area contributed by atoms with Gasteiger partial charge in [-0.25, -0.2) is 4.98 Å². The van der Waals surface area contributed by atoms with E-state index in [0.717, 1.165) is 22.4 Å². The number of imidazole rings is 1. The lowest BCUT2D eigenvalue weighted by atomic mass is 9.83. The van der Waals surface area contributed by atoms with E-state index in [1.165, 1.54) is 0 Å². The fourth-order valence-electron chi connectivity index (χ4n) is 6.00. The lowest BCUT2D eigenvalue weighted by Crippen LogP contribution is -2.53. The highest BCUT2D eigenvalue weighted by Crippen LogP contribution is 2.35. The summed E-state index contributed by atoms with van der Waals surface area (Å²) in [6.45, 7) is 5.71. The van der Waals surface area contributed by atoms with Crippen molar-refractivity contribution in [3.63, 3.8) is 0 Å². The van der Waals surface area contributed by atoms with Crippen molar-refractivity contribution >= 4 is 52.0 Å².